The van der Waals surface area contributed by atoms with Gasteiger partial charge in [-0.2, -0.15) is 0 Å². The molecule has 86 valence electrons. The Morgan fingerprint density at radius 3 is 2.81 bits per heavy atom. The number of anilines is 1. The molecule has 0 atom stereocenters. The van der Waals surface area contributed by atoms with Crippen LogP contribution in [0.25, 0.3) is 0 Å². The predicted molar refractivity (Wildman–Crippen MR) is 62.8 cm³/mol. The van der Waals surface area contributed by atoms with Crippen LogP contribution in [0.2, 0.25) is 0 Å². The molecule has 1 aromatic rings. The van der Waals surface area contributed by atoms with Crippen molar-refractivity contribution in [3.63, 3.8) is 0 Å². The van der Waals surface area contributed by atoms with Gasteiger partial charge in [0.05, 0.1) is 0 Å². The van der Waals surface area contributed by atoms with Gasteiger partial charge >= 0.3 is 5.97 Å². The maximum absolute atomic E-state index is 10.3. The van der Waals surface area contributed by atoms with Crippen LogP contribution in [0.15, 0.2) is 36.4 Å². The van der Waals surface area contributed by atoms with E-state index in [-0.39, 0.29) is 5.75 Å². The van der Waals surface area contributed by atoms with E-state index in [1.807, 2.05) is 17.9 Å². The fraction of sp³-hybridized carbons (Fsp3) is 0.250. The van der Waals surface area contributed by atoms with Crippen LogP contribution < -0.4 is 4.90 Å². The molecule has 0 aromatic heterocycles. The second-order valence-corrected chi connectivity index (χ2v) is 3.30. The average Bonchev–Trinajstić information content (AvgIpc) is 2.24. The topological polar surface area (TPSA) is 60.8 Å². The standard InChI is InChI=1S/C12H15NO3/c1-2-13(8-4-7-12(15)16)10-5-3-6-11(14)9-10/h3-7,9,14H,2,8H2,1H3,(H,15,16)/b7-4+. The Bertz CT molecular complexity index is 388. The molecule has 0 spiro atoms. The van der Waals surface area contributed by atoms with Gasteiger partial charge in [0.15, 0.2) is 0 Å². The molecule has 0 fully saturated rings. The van der Waals surface area contributed by atoms with E-state index in [2.05, 4.69) is 0 Å². The Morgan fingerprint density at radius 1 is 1.50 bits per heavy atom. The molecule has 0 saturated carbocycles. The van der Waals surface area contributed by atoms with E-state index >= 15 is 0 Å². The summed E-state index contributed by atoms with van der Waals surface area (Å²) in [5, 5.41) is 17.8. The third kappa shape index (κ3) is 3.65. The van der Waals surface area contributed by atoms with Crippen LogP contribution in [0, 0.1) is 0 Å². The third-order valence-corrected chi connectivity index (χ3v) is 2.16. The van der Waals surface area contributed by atoms with Crippen molar-refractivity contribution in [3.8, 4) is 5.75 Å². The van der Waals surface area contributed by atoms with Crippen LogP contribution in [-0.2, 0) is 4.79 Å². The first-order valence-electron chi connectivity index (χ1n) is 5.07. The number of carbonyl (C=O) groups is 1. The Balaban J connectivity index is 2.71. The SMILES string of the molecule is CCN(C/C=C/C(=O)O)c1cccc(O)c1. The van der Waals surface area contributed by atoms with E-state index in [1.165, 1.54) is 0 Å². The molecule has 0 radical (unpaired) electrons. The van der Waals surface area contributed by atoms with Gasteiger partial charge in [0.1, 0.15) is 5.75 Å². The lowest BCUT2D eigenvalue weighted by atomic mass is 10.2. The Morgan fingerprint density at radius 2 is 2.25 bits per heavy atom. The van der Waals surface area contributed by atoms with Crippen LogP contribution in [0.4, 0.5) is 5.69 Å². The second-order valence-electron chi connectivity index (χ2n) is 3.30. The molecule has 16 heavy (non-hydrogen) atoms. The molecule has 4 heteroatoms. The van der Waals surface area contributed by atoms with E-state index in [1.54, 1.807) is 24.3 Å². The Hall–Kier alpha value is -1.97. The summed E-state index contributed by atoms with van der Waals surface area (Å²) in [7, 11) is 0. The fourth-order valence-electron chi connectivity index (χ4n) is 1.39. The summed E-state index contributed by atoms with van der Waals surface area (Å²) in [4.78, 5) is 12.3. The van der Waals surface area contributed by atoms with Crippen LogP contribution in [0.5, 0.6) is 5.75 Å². The van der Waals surface area contributed by atoms with Gasteiger partial charge in [-0.3, -0.25) is 0 Å². The Kier molecular flexibility index (Phi) is 4.39. The van der Waals surface area contributed by atoms with Crippen molar-refractivity contribution < 1.29 is 15.0 Å². The summed E-state index contributed by atoms with van der Waals surface area (Å²) in [5.74, 6) is -0.745. The zero-order valence-corrected chi connectivity index (χ0v) is 9.13. The highest BCUT2D eigenvalue weighted by molar-refractivity contribution is 5.79. The molecular formula is C12H15NO3. The summed E-state index contributed by atoms with van der Waals surface area (Å²) in [6.45, 7) is 3.22. The Labute approximate surface area is 94.4 Å². The highest BCUT2D eigenvalue weighted by atomic mass is 16.4. The molecule has 0 unspecified atom stereocenters. The molecule has 4 nitrogen and oxygen atoms in total. The molecule has 1 aromatic carbocycles. The minimum atomic E-state index is -0.952. The van der Waals surface area contributed by atoms with Gasteiger partial charge in [-0.15, -0.1) is 0 Å². The van der Waals surface area contributed by atoms with Crippen molar-refractivity contribution in [1.82, 2.24) is 0 Å². The predicted octanol–water partition coefficient (Wildman–Crippen LogP) is 1.86. The molecule has 0 bridgehead atoms. The van der Waals surface area contributed by atoms with Crippen molar-refractivity contribution in [1.29, 1.82) is 0 Å². The van der Waals surface area contributed by atoms with E-state index in [0.29, 0.717) is 6.54 Å². The van der Waals surface area contributed by atoms with E-state index in [0.717, 1.165) is 18.3 Å². The molecule has 0 saturated heterocycles. The van der Waals surface area contributed by atoms with Gasteiger partial charge in [0.2, 0.25) is 0 Å². The first-order chi connectivity index (χ1) is 7.63. The molecule has 1 rings (SSSR count). The number of hydrogen-bond donors (Lipinski definition) is 2. The quantitative estimate of drug-likeness (QED) is 0.745. The summed E-state index contributed by atoms with van der Waals surface area (Å²) in [6.07, 6.45) is 2.70. The number of nitrogens with zero attached hydrogens (tertiary/aromatic N) is 1. The van der Waals surface area contributed by atoms with Crippen LogP contribution in [0.1, 0.15) is 6.92 Å². The van der Waals surface area contributed by atoms with Crippen molar-refractivity contribution in [2.45, 2.75) is 6.92 Å². The van der Waals surface area contributed by atoms with Gasteiger partial charge < -0.3 is 15.1 Å². The largest absolute Gasteiger partial charge is 0.508 e. The summed E-state index contributed by atoms with van der Waals surface area (Å²) < 4.78 is 0. The van der Waals surface area contributed by atoms with Crippen molar-refractivity contribution in [3.05, 3.63) is 36.4 Å². The van der Waals surface area contributed by atoms with Gasteiger partial charge in [-0.1, -0.05) is 12.1 Å². The normalized spacial score (nSPS) is 10.6. The van der Waals surface area contributed by atoms with Gasteiger partial charge in [0, 0.05) is 30.9 Å². The first kappa shape index (κ1) is 12.1. The molecular weight excluding hydrogens is 206 g/mol. The molecule has 2 N–H and O–H groups in total. The number of aliphatic carboxylic acids is 1. The van der Waals surface area contributed by atoms with Crippen LogP contribution >= 0.6 is 0 Å². The van der Waals surface area contributed by atoms with Gasteiger partial charge in [-0.05, 0) is 19.1 Å². The molecule has 0 heterocycles. The lowest BCUT2D eigenvalue weighted by Crippen LogP contribution is -2.22. The van der Waals surface area contributed by atoms with Crippen LogP contribution in [0.3, 0.4) is 0 Å². The second kappa shape index (κ2) is 5.80. The number of carboxylic acid groups (broad SMARTS) is 1. The van der Waals surface area contributed by atoms with Gasteiger partial charge in [0.25, 0.3) is 0 Å². The molecule has 0 amide bonds. The third-order valence-electron chi connectivity index (χ3n) is 2.16. The maximum Gasteiger partial charge on any atom is 0.328 e. The molecule has 0 aliphatic carbocycles. The average molecular weight is 221 g/mol. The number of benzene rings is 1. The smallest absolute Gasteiger partial charge is 0.328 e. The van der Waals surface area contributed by atoms with Crippen molar-refractivity contribution in [2.75, 3.05) is 18.0 Å². The number of hydrogen-bond acceptors (Lipinski definition) is 3. The lowest BCUT2D eigenvalue weighted by Gasteiger charge is -2.21. The van der Waals surface area contributed by atoms with Gasteiger partial charge in [-0.25, -0.2) is 4.79 Å². The lowest BCUT2D eigenvalue weighted by molar-refractivity contribution is -0.131. The van der Waals surface area contributed by atoms with E-state index in [4.69, 9.17) is 5.11 Å². The van der Waals surface area contributed by atoms with E-state index in [9.17, 15) is 9.90 Å². The molecule has 0 aliphatic heterocycles. The highest BCUT2D eigenvalue weighted by Gasteiger charge is 2.02. The summed E-state index contributed by atoms with van der Waals surface area (Å²) in [5.41, 5.74) is 0.873. The van der Waals surface area contributed by atoms with Crippen molar-refractivity contribution >= 4 is 11.7 Å². The monoisotopic (exact) mass is 221 g/mol. The minimum absolute atomic E-state index is 0.207. The zero-order valence-electron chi connectivity index (χ0n) is 9.13. The summed E-state index contributed by atoms with van der Waals surface area (Å²) in [6, 6.07) is 6.88. The number of phenols is 1. The summed E-state index contributed by atoms with van der Waals surface area (Å²) >= 11 is 0. The molecule has 0 aliphatic rings. The van der Waals surface area contributed by atoms with E-state index < -0.39 is 5.97 Å². The number of likely N-dealkylation sites (N-methyl/N-ethyl adjacent to an activating group) is 1. The number of phenolic OH excluding ortho intramolecular Hbond substituents is 1. The number of aromatic hydroxyl groups is 1. The fourth-order valence-corrected chi connectivity index (χ4v) is 1.39. The number of carboxylic acids is 1. The van der Waals surface area contributed by atoms with Crippen LogP contribution in [-0.4, -0.2) is 29.3 Å². The minimum Gasteiger partial charge on any atom is -0.508 e. The highest BCUT2D eigenvalue weighted by Crippen LogP contribution is 2.19. The number of rotatable bonds is 5. The first-order valence-corrected chi connectivity index (χ1v) is 5.07. The van der Waals surface area contributed by atoms with Crippen molar-refractivity contribution in [2.24, 2.45) is 0 Å². The maximum atomic E-state index is 10.3. The zero-order chi connectivity index (χ0) is 12.0.